The van der Waals surface area contributed by atoms with Crippen molar-refractivity contribution in [1.82, 2.24) is 4.72 Å². The van der Waals surface area contributed by atoms with Crippen molar-refractivity contribution in [3.63, 3.8) is 0 Å². The summed E-state index contributed by atoms with van der Waals surface area (Å²) in [6.07, 6.45) is 5.37. The van der Waals surface area contributed by atoms with Crippen LogP contribution >= 0.6 is 0 Å². The molecule has 0 aliphatic heterocycles. The maximum Gasteiger partial charge on any atom is 0.240 e. The Kier molecular flexibility index (Phi) is 7.62. The van der Waals surface area contributed by atoms with E-state index in [1.165, 1.54) is 19.3 Å². The molecule has 0 saturated heterocycles. The van der Waals surface area contributed by atoms with Gasteiger partial charge < -0.3 is 4.74 Å². The zero-order valence-electron chi connectivity index (χ0n) is 11.6. The first kappa shape index (κ1) is 16.9. The van der Waals surface area contributed by atoms with E-state index in [1.807, 2.05) is 13.8 Å². The predicted octanol–water partition coefficient (Wildman–Crippen LogP) is 2.57. The molecule has 0 radical (unpaired) electrons. The third kappa shape index (κ3) is 5.51. The van der Waals surface area contributed by atoms with Gasteiger partial charge in [-0.3, -0.25) is 0 Å². The highest BCUT2D eigenvalue weighted by molar-refractivity contribution is 7.93. The van der Waals surface area contributed by atoms with E-state index in [4.69, 9.17) is 4.74 Å². The van der Waals surface area contributed by atoms with Gasteiger partial charge in [-0.15, -0.1) is 0 Å². The first-order valence-electron chi connectivity index (χ1n) is 5.95. The van der Waals surface area contributed by atoms with Gasteiger partial charge in [0.1, 0.15) is 5.76 Å². The third-order valence-electron chi connectivity index (χ3n) is 2.63. The molecule has 0 aromatic carbocycles. The molecule has 0 rings (SSSR count). The number of methoxy groups -OCH3 is 1. The lowest BCUT2D eigenvalue weighted by Crippen LogP contribution is -2.29. The maximum atomic E-state index is 12.0. The minimum absolute atomic E-state index is 0.112. The van der Waals surface area contributed by atoms with Crippen LogP contribution in [-0.4, -0.2) is 22.1 Å². The number of rotatable bonds is 8. The lowest BCUT2D eigenvalue weighted by molar-refractivity contribution is 0.306. The Morgan fingerprint density at radius 2 is 2.11 bits per heavy atom. The van der Waals surface area contributed by atoms with Crippen LogP contribution in [0.4, 0.5) is 0 Å². The van der Waals surface area contributed by atoms with Crippen molar-refractivity contribution in [2.45, 2.75) is 27.2 Å². The molecule has 0 unspecified atom stereocenters. The Hall–Kier alpha value is -1.07. The summed E-state index contributed by atoms with van der Waals surface area (Å²) in [6.45, 7) is 9.73. The Balaban J connectivity index is 5.00. The number of ether oxygens (including phenoxy) is 1. The molecule has 0 heterocycles. The summed E-state index contributed by atoms with van der Waals surface area (Å²) in [7, 11) is -2.03. The molecule has 0 aliphatic carbocycles. The van der Waals surface area contributed by atoms with E-state index in [9.17, 15) is 8.42 Å². The highest BCUT2D eigenvalue weighted by atomic mass is 32.2. The highest BCUT2D eigenvalue weighted by Crippen LogP contribution is 2.11. The van der Waals surface area contributed by atoms with E-state index in [0.717, 1.165) is 6.42 Å². The largest absolute Gasteiger partial charge is 0.497 e. The molecule has 0 bridgehead atoms. The summed E-state index contributed by atoms with van der Waals surface area (Å²) >= 11 is 0. The van der Waals surface area contributed by atoms with Gasteiger partial charge in [-0.05, 0) is 31.1 Å². The van der Waals surface area contributed by atoms with Crippen molar-refractivity contribution in [2.24, 2.45) is 5.92 Å². The molecular weight excluding hydrogens is 250 g/mol. The molecule has 0 amide bonds. The van der Waals surface area contributed by atoms with Crippen LogP contribution in [0.5, 0.6) is 0 Å². The lowest BCUT2D eigenvalue weighted by Gasteiger charge is -2.11. The molecule has 0 aromatic rings. The first-order chi connectivity index (χ1) is 8.41. The maximum absolute atomic E-state index is 12.0. The molecule has 0 fully saturated rings. The number of hydrogen-bond acceptors (Lipinski definition) is 3. The van der Waals surface area contributed by atoms with E-state index in [1.54, 1.807) is 13.0 Å². The third-order valence-corrected chi connectivity index (χ3v) is 4.09. The van der Waals surface area contributed by atoms with Crippen molar-refractivity contribution >= 4 is 10.0 Å². The van der Waals surface area contributed by atoms with Crippen molar-refractivity contribution in [1.29, 1.82) is 0 Å². The van der Waals surface area contributed by atoms with Crippen LogP contribution in [0.2, 0.25) is 0 Å². The second-order valence-corrected chi connectivity index (χ2v) is 5.78. The Bertz CT molecular complexity index is 422. The number of sulfonamides is 1. The van der Waals surface area contributed by atoms with Gasteiger partial charge in [0.15, 0.2) is 0 Å². The van der Waals surface area contributed by atoms with E-state index in [0.29, 0.717) is 18.2 Å². The van der Waals surface area contributed by atoms with Crippen LogP contribution < -0.4 is 4.72 Å². The summed E-state index contributed by atoms with van der Waals surface area (Å²) in [5.74, 6) is 0.785. The standard InChI is InChI=1S/C13H23NO3S/c1-6-11(4)10-14-18(15,16)13(8-3)9-12(7-2)17-5/h7-9,11,14H,3,6,10H2,1-2,4-5H3/b12-7+,13-9+/t11-/m0/s1. The molecule has 1 atom stereocenters. The molecule has 0 spiro atoms. The number of hydrogen-bond donors (Lipinski definition) is 1. The molecule has 0 aromatic heterocycles. The lowest BCUT2D eigenvalue weighted by atomic mass is 10.1. The van der Waals surface area contributed by atoms with Crippen LogP contribution in [0, 0.1) is 5.92 Å². The quantitative estimate of drug-likeness (QED) is 0.546. The Labute approximate surface area is 110 Å². The van der Waals surface area contributed by atoms with Gasteiger partial charge >= 0.3 is 0 Å². The minimum Gasteiger partial charge on any atom is -0.497 e. The molecule has 18 heavy (non-hydrogen) atoms. The van der Waals surface area contributed by atoms with Crippen LogP contribution in [0.3, 0.4) is 0 Å². The molecule has 104 valence electrons. The normalized spacial score (nSPS) is 15.3. The van der Waals surface area contributed by atoms with Crippen molar-refractivity contribution in [3.05, 3.63) is 35.5 Å². The summed E-state index contributed by atoms with van der Waals surface area (Å²) in [4.78, 5) is 0.112. The predicted molar refractivity (Wildman–Crippen MR) is 75.4 cm³/mol. The molecule has 5 heteroatoms. The van der Waals surface area contributed by atoms with E-state index in [2.05, 4.69) is 11.3 Å². The molecule has 0 aliphatic rings. The SMILES string of the molecule is C=C/C(=C\C(=C/C)OC)S(=O)(=O)NC[C@@H](C)CC. The Morgan fingerprint density at radius 1 is 1.50 bits per heavy atom. The van der Waals surface area contributed by atoms with Gasteiger partial charge in [0, 0.05) is 6.54 Å². The smallest absolute Gasteiger partial charge is 0.240 e. The van der Waals surface area contributed by atoms with Gasteiger partial charge in [-0.1, -0.05) is 26.8 Å². The number of allylic oxidation sites excluding steroid dienone is 3. The summed E-state index contributed by atoms with van der Waals surface area (Å²) in [5, 5.41) is 0. The zero-order valence-corrected chi connectivity index (χ0v) is 12.4. The Morgan fingerprint density at radius 3 is 2.50 bits per heavy atom. The summed E-state index contributed by atoms with van der Waals surface area (Å²) < 4.78 is 31.6. The second kappa shape index (κ2) is 8.11. The van der Waals surface area contributed by atoms with Crippen LogP contribution in [0.1, 0.15) is 27.2 Å². The van der Waals surface area contributed by atoms with Crippen LogP contribution in [0.15, 0.2) is 35.5 Å². The fraction of sp³-hybridized carbons (Fsp3) is 0.538. The molecule has 0 saturated carbocycles. The van der Waals surface area contributed by atoms with Crippen molar-refractivity contribution in [3.8, 4) is 0 Å². The molecule has 4 nitrogen and oxygen atoms in total. The number of nitrogens with one attached hydrogen (secondary N) is 1. The fourth-order valence-corrected chi connectivity index (χ4v) is 2.29. The van der Waals surface area contributed by atoms with Crippen LogP contribution in [-0.2, 0) is 14.8 Å². The fourth-order valence-electron chi connectivity index (χ4n) is 1.13. The van der Waals surface area contributed by atoms with Gasteiger partial charge in [-0.25, -0.2) is 13.1 Å². The average molecular weight is 273 g/mol. The van der Waals surface area contributed by atoms with Crippen molar-refractivity contribution in [2.75, 3.05) is 13.7 Å². The molecule has 1 N–H and O–H groups in total. The van der Waals surface area contributed by atoms with E-state index >= 15 is 0 Å². The van der Waals surface area contributed by atoms with Gasteiger partial charge in [0.05, 0.1) is 12.0 Å². The van der Waals surface area contributed by atoms with Crippen molar-refractivity contribution < 1.29 is 13.2 Å². The highest BCUT2D eigenvalue weighted by Gasteiger charge is 2.15. The molecular formula is C13H23NO3S. The van der Waals surface area contributed by atoms with Gasteiger partial charge in [0.2, 0.25) is 10.0 Å². The van der Waals surface area contributed by atoms with Gasteiger partial charge in [-0.2, -0.15) is 0 Å². The average Bonchev–Trinajstić information content (AvgIpc) is 2.37. The van der Waals surface area contributed by atoms with Crippen LogP contribution in [0.25, 0.3) is 0 Å². The first-order valence-corrected chi connectivity index (χ1v) is 7.43. The summed E-state index contributed by atoms with van der Waals surface area (Å²) in [5.41, 5.74) is 0. The minimum atomic E-state index is -3.52. The monoisotopic (exact) mass is 273 g/mol. The second-order valence-electron chi connectivity index (χ2n) is 4.01. The van der Waals surface area contributed by atoms with Gasteiger partial charge in [0.25, 0.3) is 0 Å². The zero-order chi connectivity index (χ0) is 14.2. The summed E-state index contributed by atoms with van der Waals surface area (Å²) in [6, 6.07) is 0. The topological polar surface area (TPSA) is 55.4 Å². The van der Waals surface area contributed by atoms with E-state index in [-0.39, 0.29) is 4.91 Å². The van der Waals surface area contributed by atoms with E-state index < -0.39 is 10.0 Å².